The number of non-ortho nitro benzene ring substituents is 1. The molecule has 0 unspecified atom stereocenters. The van der Waals surface area contributed by atoms with E-state index >= 15 is 0 Å². The van der Waals surface area contributed by atoms with Crippen molar-refractivity contribution in [2.24, 2.45) is 0 Å². The lowest BCUT2D eigenvalue weighted by atomic mass is 9.89. The largest absolute Gasteiger partial charge is 0.457 e. The van der Waals surface area contributed by atoms with Crippen LogP contribution in [0.25, 0.3) is 11.1 Å². The quantitative estimate of drug-likeness (QED) is 0.182. The van der Waals surface area contributed by atoms with E-state index < -0.39 is 10.9 Å². The van der Waals surface area contributed by atoms with Crippen molar-refractivity contribution >= 4 is 22.8 Å². The molecule has 3 aromatic carbocycles. The molecule has 0 heterocycles. The minimum atomic E-state index is -0.528. The smallest absolute Gasteiger partial charge is 0.338 e. The van der Waals surface area contributed by atoms with Crippen molar-refractivity contribution < 1.29 is 14.5 Å². The first-order valence-electron chi connectivity index (χ1n) is 10.3. The van der Waals surface area contributed by atoms with Gasteiger partial charge in [0.15, 0.2) is 0 Å². The summed E-state index contributed by atoms with van der Waals surface area (Å²) in [5.41, 5.74) is 6.46. The van der Waals surface area contributed by atoms with Gasteiger partial charge in [0.2, 0.25) is 0 Å². The van der Waals surface area contributed by atoms with Gasteiger partial charge in [-0.05, 0) is 55.2 Å². The highest BCUT2D eigenvalue weighted by atomic mass is 16.6. The van der Waals surface area contributed by atoms with Crippen molar-refractivity contribution in [3.63, 3.8) is 0 Å². The third-order valence-electron chi connectivity index (χ3n) is 5.17. The van der Waals surface area contributed by atoms with E-state index in [9.17, 15) is 14.9 Å². The lowest BCUT2D eigenvalue weighted by Crippen LogP contribution is -2.09. The zero-order valence-electron chi connectivity index (χ0n) is 18.4. The van der Waals surface area contributed by atoms with Gasteiger partial charge in [0.1, 0.15) is 6.61 Å². The molecule has 0 radical (unpaired) electrons. The average Bonchev–Trinajstić information content (AvgIpc) is 2.80. The fraction of sp³-hybridized carbons (Fsp3) is 0.148. The van der Waals surface area contributed by atoms with E-state index in [2.05, 4.69) is 26.0 Å². The Morgan fingerprint density at radius 3 is 1.81 bits per heavy atom. The van der Waals surface area contributed by atoms with Crippen LogP contribution in [0.3, 0.4) is 0 Å². The van der Waals surface area contributed by atoms with Crippen molar-refractivity contribution in [1.29, 1.82) is 0 Å². The number of hydrogen-bond donors (Lipinski definition) is 0. The summed E-state index contributed by atoms with van der Waals surface area (Å²) < 4.78 is 5.64. The van der Waals surface area contributed by atoms with E-state index in [1.54, 1.807) is 0 Å². The van der Waals surface area contributed by atoms with Crippen LogP contribution < -0.4 is 0 Å². The molecule has 0 saturated carbocycles. The molecule has 0 bridgehead atoms. The van der Waals surface area contributed by atoms with E-state index in [1.807, 2.05) is 55.5 Å². The Morgan fingerprint density at radius 2 is 1.31 bits per heavy atom. The molecular formula is C27H25NO4. The summed E-state index contributed by atoms with van der Waals surface area (Å²) in [4.78, 5) is 23.0. The fourth-order valence-electron chi connectivity index (χ4n) is 3.62. The Hall–Kier alpha value is -3.99. The number of ether oxygens (including phenoxy) is 1. The first-order chi connectivity index (χ1) is 15.4. The van der Waals surface area contributed by atoms with Crippen molar-refractivity contribution in [2.75, 3.05) is 6.61 Å². The Kier molecular flexibility index (Phi) is 7.34. The number of carbonyl (C=O) groups excluding carboxylic acids is 1. The second kappa shape index (κ2) is 10.4. The van der Waals surface area contributed by atoms with Gasteiger partial charge < -0.3 is 4.74 Å². The maximum atomic E-state index is 12.6. The summed E-state index contributed by atoms with van der Waals surface area (Å²) in [5.74, 6) is -0.528. The standard InChI is InChI=1S/C27H25NO4/c1-19(2)26(22-12-8-5-9-13-22)20(3)25(21-10-6-4-7-11-21)18-32-27(29)23-14-16-24(17-15-23)28(30)31/h4-17H,18H2,1-3H3/b25-20+. The molecule has 3 aromatic rings. The molecule has 3 rings (SSSR count). The summed E-state index contributed by atoms with van der Waals surface area (Å²) in [6.45, 7) is 6.25. The van der Waals surface area contributed by atoms with Crippen LogP contribution in [0, 0.1) is 10.1 Å². The molecule has 0 spiro atoms. The van der Waals surface area contributed by atoms with Crippen molar-refractivity contribution in [2.45, 2.75) is 20.8 Å². The number of nitro benzene ring substituents is 1. The predicted molar refractivity (Wildman–Crippen MR) is 127 cm³/mol. The molecule has 32 heavy (non-hydrogen) atoms. The minimum absolute atomic E-state index is 0.0710. The van der Waals surface area contributed by atoms with Crippen LogP contribution in [-0.2, 0) is 4.74 Å². The van der Waals surface area contributed by atoms with Crippen LogP contribution in [0.1, 0.15) is 42.3 Å². The zero-order chi connectivity index (χ0) is 23.1. The third-order valence-corrected chi connectivity index (χ3v) is 5.17. The normalized spacial score (nSPS) is 11.3. The van der Waals surface area contributed by atoms with Crippen LogP contribution in [0.2, 0.25) is 0 Å². The topological polar surface area (TPSA) is 69.4 Å². The van der Waals surface area contributed by atoms with Crippen LogP contribution in [0.4, 0.5) is 5.69 Å². The molecule has 0 amide bonds. The summed E-state index contributed by atoms with van der Waals surface area (Å²) in [5, 5.41) is 10.8. The van der Waals surface area contributed by atoms with Crippen LogP contribution >= 0.6 is 0 Å². The maximum Gasteiger partial charge on any atom is 0.338 e. The highest BCUT2D eigenvalue weighted by Crippen LogP contribution is 2.32. The highest BCUT2D eigenvalue weighted by molar-refractivity contribution is 5.93. The summed E-state index contributed by atoms with van der Waals surface area (Å²) in [6.07, 6.45) is 0. The van der Waals surface area contributed by atoms with Crippen molar-refractivity contribution in [3.8, 4) is 0 Å². The Labute approximate surface area is 187 Å². The molecule has 0 N–H and O–H groups in total. The molecule has 0 aliphatic heterocycles. The second-order valence-electron chi connectivity index (χ2n) is 7.59. The average molecular weight is 428 g/mol. The lowest BCUT2D eigenvalue weighted by molar-refractivity contribution is -0.384. The molecule has 5 heteroatoms. The monoisotopic (exact) mass is 427 g/mol. The number of esters is 1. The summed E-state index contributed by atoms with van der Waals surface area (Å²) in [7, 11) is 0. The van der Waals surface area contributed by atoms with Crippen molar-refractivity contribution in [1.82, 2.24) is 0 Å². The molecule has 0 fully saturated rings. The van der Waals surface area contributed by atoms with E-state index in [4.69, 9.17) is 4.74 Å². The molecule has 5 nitrogen and oxygen atoms in total. The van der Waals surface area contributed by atoms with Gasteiger partial charge in [-0.1, -0.05) is 66.2 Å². The molecule has 162 valence electrons. The third kappa shape index (κ3) is 5.38. The van der Waals surface area contributed by atoms with Gasteiger partial charge in [-0.15, -0.1) is 0 Å². The van der Waals surface area contributed by atoms with E-state index in [-0.39, 0.29) is 17.9 Å². The first kappa shape index (κ1) is 22.7. The Bertz CT molecular complexity index is 1160. The van der Waals surface area contributed by atoms with Crippen LogP contribution in [-0.4, -0.2) is 17.5 Å². The number of hydrogen-bond acceptors (Lipinski definition) is 4. The molecule has 0 aromatic heterocycles. The molecule has 0 aliphatic rings. The molecule has 0 atom stereocenters. The highest BCUT2D eigenvalue weighted by Gasteiger charge is 2.16. The minimum Gasteiger partial charge on any atom is -0.457 e. The summed E-state index contributed by atoms with van der Waals surface area (Å²) >= 11 is 0. The van der Waals surface area contributed by atoms with E-state index in [1.165, 1.54) is 24.3 Å². The number of allylic oxidation sites excluding steroid dienone is 3. The number of carbonyl (C=O) groups is 1. The van der Waals surface area contributed by atoms with Gasteiger partial charge in [0.25, 0.3) is 5.69 Å². The Morgan fingerprint density at radius 1 is 0.781 bits per heavy atom. The van der Waals surface area contributed by atoms with Gasteiger partial charge in [0, 0.05) is 17.7 Å². The number of benzene rings is 3. The van der Waals surface area contributed by atoms with Crippen molar-refractivity contribution in [3.05, 3.63) is 123 Å². The maximum absolute atomic E-state index is 12.6. The molecule has 0 aliphatic carbocycles. The second-order valence-corrected chi connectivity index (χ2v) is 7.59. The van der Waals surface area contributed by atoms with Gasteiger partial charge in [-0.2, -0.15) is 0 Å². The van der Waals surface area contributed by atoms with Gasteiger partial charge in [0.05, 0.1) is 10.5 Å². The summed E-state index contributed by atoms with van der Waals surface area (Å²) in [6, 6.07) is 25.4. The SMILES string of the molecule is CC(C)=C(/C(C)=C(\COC(=O)c1ccc([N+](=O)[O-])cc1)c1ccccc1)c1ccccc1. The fourth-order valence-corrected chi connectivity index (χ4v) is 3.62. The van der Waals surface area contributed by atoms with Gasteiger partial charge in [-0.25, -0.2) is 4.79 Å². The number of nitrogens with zero attached hydrogens (tertiary/aromatic N) is 1. The predicted octanol–water partition coefficient (Wildman–Crippen LogP) is 6.72. The van der Waals surface area contributed by atoms with Gasteiger partial charge >= 0.3 is 5.97 Å². The van der Waals surface area contributed by atoms with E-state index in [0.717, 1.165) is 33.4 Å². The molecule has 0 saturated heterocycles. The first-order valence-corrected chi connectivity index (χ1v) is 10.3. The Balaban J connectivity index is 1.95. The number of rotatable bonds is 7. The van der Waals surface area contributed by atoms with Crippen LogP contribution in [0.15, 0.2) is 96.1 Å². The van der Waals surface area contributed by atoms with Gasteiger partial charge in [-0.3, -0.25) is 10.1 Å². The zero-order valence-corrected chi connectivity index (χ0v) is 18.4. The van der Waals surface area contributed by atoms with Crippen LogP contribution in [0.5, 0.6) is 0 Å². The van der Waals surface area contributed by atoms with E-state index in [0.29, 0.717) is 0 Å². The molecular weight excluding hydrogens is 402 g/mol. The lowest BCUT2D eigenvalue weighted by Gasteiger charge is -2.18. The number of nitro groups is 1.